The predicted octanol–water partition coefficient (Wildman–Crippen LogP) is 2.68. The fourth-order valence-corrected chi connectivity index (χ4v) is 3.55. The second kappa shape index (κ2) is 6.85. The maximum absolute atomic E-state index is 13.6. The third-order valence-corrected chi connectivity index (χ3v) is 5.00. The predicted molar refractivity (Wildman–Crippen MR) is 76.6 cm³/mol. The van der Waals surface area contributed by atoms with E-state index in [9.17, 15) is 12.8 Å². The van der Waals surface area contributed by atoms with Crippen molar-refractivity contribution < 1.29 is 17.9 Å². The fourth-order valence-electron chi connectivity index (χ4n) is 1.85. The molecule has 0 aromatic heterocycles. The first kappa shape index (κ1) is 17.4. The molecule has 114 valence electrons. The zero-order valence-electron chi connectivity index (χ0n) is 11.7. The van der Waals surface area contributed by atoms with E-state index in [1.54, 1.807) is 0 Å². The lowest BCUT2D eigenvalue weighted by molar-refractivity contribution is 0.281. The summed E-state index contributed by atoms with van der Waals surface area (Å²) in [5.41, 5.74) is 0.0460. The summed E-state index contributed by atoms with van der Waals surface area (Å²) in [6, 6.07) is 1.80. The first-order chi connectivity index (χ1) is 9.22. The summed E-state index contributed by atoms with van der Waals surface area (Å²) in [4.78, 5) is -0.234. The Morgan fingerprint density at radius 2 is 2.00 bits per heavy atom. The number of benzene rings is 1. The summed E-state index contributed by atoms with van der Waals surface area (Å²) >= 11 is 5.65. The average molecular weight is 324 g/mol. The van der Waals surface area contributed by atoms with Crippen molar-refractivity contribution in [2.75, 3.05) is 0 Å². The Bertz CT molecular complexity index is 575. The fraction of sp³-hybridized carbons (Fsp3) is 0.538. The van der Waals surface area contributed by atoms with Gasteiger partial charge < -0.3 is 5.11 Å². The minimum atomic E-state index is -3.85. The third-order valence-electron chi connectivity index (χ3n) is 3.11. The summed E-state index contributed by atoms with van der Waals surface area (Å²) in [5, 5.41) is 8.82. The smallest absolute Gasteiger partial charge is 0.240 e. The molecule has 1 aromatic carbocycles. The van der Waals surface area contributed by atoms with Crippen LogP contribution in [0.5, 0.6) is 0 Å². The largest absolute Gasteiger partial charge is 0.392 e. The van der Waals surface area contributed by atoms with Crippen LogP contribution in [0.2, 0.25) is 5.02 Å². The number of hydrogen-bond donors (Lipinski definition) is 2. The van der Waals surface area contributed by atoms with Crippen LogP contribution in [0, 0.1) is 11.7 Å². The summed E-state index contributed by atoms with van der Waals surface area (Å²) in [6.07, 6.45) is 0.625. The molecule has 0 fully saturated rings. The Kier molecular flexibility index (Phi) is 5.94. The van der Waals surface area contributed by atoms with Gasteiger partial charge in [-0.1, -0.05) is 32.4 Å². The first-order valence-electron chi connectivity index (χ1n) is 6.34. The van der Waals surface area contributed by atoms with Crippen LogP contribution >= 0.6 is 11.6 Å². The zero-order chi connectivity index (χ0) is 15.5. The Balaban J connectivity index is 3.19. The summed E-state index contributed by atoms with van der Waals surface area (Å²) < 4.78 is 40.6. The van der Waals surface area contributed by atoms with Crippen LogP contribution in [0.25, 0.3) is 0 Å². The Hall–Kier alpha value is -0.690. The van der Waals surface area contributed by atoms with Crippen LogP contribution in [-0.2, 0) is 16.6 Å². The molecule has 0 amide bonds. The number of sulfonamides is 1. The van der Waals surface area contributed by atoms with Gasteiger partial charge in [-0.25, -0.2) is 17.5 Å². The highest BCUT2D eigenvalue weighted by molar-refractivity contribution is 7.89. The minimum Gasteiger partial charge on any atom is -0.392 e. The van der Waals surface area contributed by atoms with Crippen LogP contribution in [0.3, 0.4) is 0 Å². The van der Waals surface area contributed by atoms with Gasteiger partial charge in [0.2, 0.25) is 10.0 Å². The molecule has 1 atom stereocenters. The monoisotopic (exact) mass is 323 g/mol. The number of aliphatic hydroxyl groups excluding tert-OH is 1. The van der Waals surface area contributed by atoms with Crippen LogP contribution in [0.4, 0.5) is 4.39 Å². The van der Waals surface area contributed by atoms with E-state index in [4.69, 9.17) is 16.7 Å². The van der Waals surface area contributed by atoms with Crippen LogP contribution in [0.15, 0.2) is 17.0 Å². The number of hydrogen-bond acceptors (Lipinski definition) is 3. The molecule has 0 aliphatic rings. The van der Waals surface area contributed by atoms with E-state index < -0.39 is 22.4 Å². The molecule has 4 nitrogen and oxygen atoms in total. The molecule has 0 aliphatic heterocycles. The molecule has 1 unspecified atom stereocenters. The van der Waals surface area contributed by atoms with E-state index in [0.717, 1.165) is 6.07 Å². The normalized spacial score (nSPS) is 13.8. The van der Waals surface area contributed by atoms with Crippen molar-refractivity contribution >= 4 is 21.6 Å². The van der Waals surface area contributed by atoms with Gasteiger partial charge in [0.05, 0.1) is 16.5 Å². The minimum absolute atomic E-state index is 0.0460. The molecule has 7 heteroatoms. The summed E-state index contributed by atoms with van der Waals surface area (Å²) in [7, 11) is -3.85. The topological polar surface area (TPSA) is 66.4 Å². The van der Waals surface area contributed by atoms with Gasteiger partial charge in [-0.05, 0) is 24.5 Å². The first-order valence-corrected chi connectivity index (χ1v) is 8.20. The maximum atomic E-state index is 13.6. The van der Waals surface area contributed by atoms with Crippen molar-refractivity contribution in [2.45, 2.75) is 44.7 Å². The molecule has 0 heterocycles. The Morgan fingerprint density at radius 1 is 1.40 bits per heavy atom. The van der Waals surface area contributed by atoms with Crippen LogP contribution in [-0.4, -0.2) is 19.6 Å². The van der Waals surface area contributed by atoms with Gasteiger partial charge in [-0.3, -0.25) is 0 Å². The molecule has 20 heavy (non-hydrogen) atoms. The van der Waals surface area contributed by atoms with E-state index in [-0.39, 0.29) is 27.4 Å². The summed E-state index contributed by atoms with van der Waals surface area (Å²) in [5.74, 6) is -0.750. The van der Waals surface area contributed by atoms with Gasteiger partial charge in [0.1, 0.15) is 5.82 Å². The molecule has 0 bridgehead atoms. The van der Waals surface area contributed by atoms with E-state index in [0.29, 0.717) is 6.42 Å². The standard InChI is InChI=1S/C13H19ClFNO3S/c1-4-12(8(2)3)16-20(18,19)10-5-9(7-17)13(14)11(15)6-10/h5-6,8,12,16-17H,4,7H2,1-3H3. The lowest BCUT2D eigenvalue weighted by atomic mass is 10.0. The lowest BCUT2D eigenvalue weighted by Crippen LogP contribution is -2.38. The quantitative estimate of drug-likeness (QED) is 0.846. The number of halogens is 2. The van der Waals surface area contributed by atoms with Gasteiger partial charge in [-0.15, -0.1) is 0 Å². The van der Waals surface area contributed by atoms with Crippen molar-refractivity contribution in [3.05, 3.63) is 28.5 Å². The number of aliphatic hydroxyl groups is 1. The second-order valence-electron chi connectivity index (χ2n) is 4.92. The second-order valence-corrected chi connectivity index (χ2v) is 7.01. The molecular weight excluding hydrogens is 305 g/mol. The summed E-state index contributed by atoms with van der Waals surface area (Å²) in [6.45, 7) is 5.14. The lowest BCUT2D eigenvalue weighted by Gasteiger charge is -2.21. The van der Waals surface area contributed by atoms with Crippen molar-refractivity contribution in [1.82, 2.24) is 4.72 Å². The van der Waals surface area contributed by atoms with E-state index in [1.807, 2.05) is 20.8 Å². The molecule has 0 spiro atoms. The molecule has 0 saturated heterocycles. The van der Waals surface area contributed by atoms with E-state index in [2.05, 4.69) is 4.72 Å². The molecular formula is C13H19ClFNO3S. The molecule has 2 N–H and O–H groups in total. The van der Waals surface area contributed by atoms with Gasteiger partial charge >= 0.3 is 0 Å². The molecule has 0 aliphatic carbocycles. The Labute approximate surface area is 124 Å². The highest BCUT2D eigenvalue weighted by Gasteiger charge is 2.23. The Morgan fingerprint density at radius 3 is 2.45 bits per heavy atom. The van der Waals surface area contributed by atoms with Gasteiger partial charge in [-0.2, -0.15) is 0 Å². The van der Waals surface area contributed by atoms with Gasteiger partial charge in [0, 0.05) is 11.6 Å². The maximum Gasteiger partial charge on any atom is 0.240 e. The molecule has 0 radical (unpaired) electrons. The molecule has 0 saturated carbocycles. The van der Waals surface area contributed by atoms with E-state index >= 15 is 0 Å². The zero-order valence-corrected chi connectivity index (χ0v) is 13.2. The SMILES string of the molecule is CCC(NS(=O)(=O)c1cc(F)c(Cl)c(CO)c1)C(C)C. The number of rotatable bonds is 6. The number of nitrogens with one attached hydrogen (secondary N) is 1. The van der Waals surface area contributed by atoms with E-state index in [1.165, 1.54) is 6.07 Å². The highest BCUT2D eigenvalue weighted by Crippen LogP contribution is 2.25. The van der Waals surface area contributed by atoms with Crippen molar-refractivity contribution in [3.8, 4) is 0 Å². The average Bonchev–Trinajstić information content (AvgIpc) is 2.38. The van der Waals surface area contributed by atoms with Crippen LogP contribution < -0.4 is 4.72 Å². The van der Waals surface area contributed by atoms with Crippen molar-refractivity contribution in [2.24, 2.45) is 5.92 Å². The van der Waals surface area contributed by atoms with Gasteiger partial charge in [0.15, 0.2) is 0 Å². The molecule has 1 aromatic rings. The van der Waals surface area contributed by atoms with Crippen molar-refractivity contribution in [1.29, 1.82) is 0 Å². The van der Waals surface area contributed by atoms with Crippen LogP contribution in [0.1, 0.15) is 32.8 Å². The third kappa shape index (κ3) is 3.91. The van der Waals surface area contributed by atoms with Crippen molar-refractivity contribution in [3.63, 3.8) is 0 Å². The van der Waals surface area contributed by atoms with Gasteiger partial charge in [0.25, 0.3) is 0 Å². The molecule has 1 rings (SSSR count). The highest BCUT2D eigenvalue weighted by atomic mass is 35.5.